The van der Waals surface area contributed by atoms with Gasteiger partial charge in [-0.25, -0.2) is 4.39 Å². The first-order chi connectivity index (χ1) is 14.0. The zero-order chi connectivity index (χ0) is 20.8. The molecule has 2 aromatic carbocycles. The molecule has 0 N–H and O–H groups in total. The third-order valence-corrected chi connectivity index (χ3v) is 5.44. The van der Waals surface area contributed by atoms with Crippen LogP contribution in [0.2, 0.25) is 0 Å². The fraction of sp³-hybridized carbons (Fsp3) is 0.238. The second kappa shape index (κ2) is 9.34. The molecular formula is C21H20FN5OS. The molecule has 6 nitrogen and oxygen atoms in total. The van der Waals surface area contributed by atoms with Gasteiger partial charge in [0.15, 0.2) is 11.0 Å². The van der Waals surface area contributed by atoms with Gasteiger partial charge in [0.25, 0.3) is 0 Å². The average Bonchev–Trinajstić information content (AvgIpc) is 3.08. The van der Waals surface area contributed by atoms with Gasteiger partial charge in [0.05, 0.1) is 23.9 Å². The number of amides is 1. The van der Waals surface area contributed by atoms with Crippen LogP contribution in [-0.4, -0.2) is 33.0 Å². The summed E-state index contributed by atoms with van der Waals surface area (Å²) in [5.41, 5.74) is 2.23. The summed E-state index contributed by atoms with van der Waals surface area (Å²) in [6, 6.07) is 15.9. The number of anilines is 1. The summed E-state index contributed by atoms with van der Waals surface area (Å²) in [5, 5.41) is 17.9. The maximum absolute atomic E-state index is 14.2. The van der Waals surface area contributed by atoms with Crippen molar-refractivity contribution in [2.75, 3.05) is 17.2 Å². The van der Waals surface area contributed by atoms with Gasteiger partial charge >= 0.3 is 0 Å². The van der Waals surface area contributed by atoms with Crippen LogP contribution in [0.15, 0.2) is 53.7 Å². The molecule has 0 fully saturated rings. The summed E-state index contributed by atoms with van der Waals surface area (Å²) < 4.78 is 16.0. The molecule has 148 valence electrons. The van der Waals surface area contributed by atoms with E-state index in [1.165, 1.54) is 28.8 Å². The Labute approximate surface area is 173 Å². The van der Waals surface area contributed by atoms with Crippen molar-refractivity contribution in [2.24, 2.45) is 7.05 Å². The number of thioether (sulfide) groups is 1. The highest BCUT2D eigenvalue weighted by atomic mass is 32.2. The van der Waals surface area contributed by atoms with Crippen molar-refractivity contribution in [1.29, 1.82) is 5.26 Å². The van der Waals surface area contributed by atoms with E-state index in [1.54, 1.807) is 12.1 Å². The van der Waals surface area contributed by atoms with Gasteiger partial charge in [0.1, 0.15) is 5.82 Å². The number of halogens is 1. The Hall–Kier alpha value is -3.18. The number of hydrogen-bond donors (Lipinski definition) is 0. The molecule has 1 amide bonds. The van der Waals surface area contributed by atoms with E-state index in [2.05, 4.69) is 10.2 Å². The Morgan fingerprint density at radius 3 is 2.66 bits per heavy atom. The van der Waals surface area contributed by atoms with Crippen molar-refractivity contribution >= 4 is 23.4 Å². The monoisotopic (exact) mass is 409 g/mol. The van der Waals surface area contributed by atoms with E-state index in [1.807, 2.05) is 48.9 Å². The predicted molar refractivity (Wildman–Crippen MR) is 111 cm³/mol. The molecule has 8 heteroatoms. The molecule has 0 unspecified atom stereocenters. The van der Waals surface area contributed by atoms with Crippen LogP contribution in [0.3, 0.4) is 0 Å². The molecular weight excluding hydrogens is 389 g/mol. The lowest BCUT2D eigenvalue weighted by Gasteiger charge is -2.22. The quantitative estimate of drug-likeness (QED) is 0.552. The van der Waals surface area contributed by atoms with Crippen LogP contribution < -0.4 is 4.90 Å². The molecule has 1 aromatic heterocycles. The first kappa shape index (κ1) is 20.6. The van der Waals surface area contributed by atoms with Crippen molar-refractivity contribution in [2.45, 2.75) is 18.5 Å². The molecule has 0 spiro atoms. The van der Waals surface area contributed by atoms with Gasteiger partial charge in [-0.15, -0.1) is 10.2 Å². The van der Waals surface area contributed by atoms with Crippen molar-refractivity contribution in [3.8, 4) is 17.5 Å². The first-order valence-corrected chi connectivity index (χ1v) is 10.0. The Morgan fingerprint density at radius 2 is 1.93 bits per heavy atom. The van der Waals surface area contributed by atoms with Crippen molar-refractivity contribution < 1.29 is 9.18 Å². The third-order valence-electron chi connectivity index (χ3n) is 4.44. The van der Waals surface area contributed by atoms with Gasteiger partial charge < -0.3 is 9.47 Å². The summed E-state index contributed by atoms with van der Waals surface area (Å²) in [6.45, 7) is 2.13. The second-order valence-corrected chi connectivity index (χ2v) is 7.32. The zero-order valence-electron chi connectivity index (χ0n) is 16.2. The topological polar surface area (TPSA) is 74.8 Å². The third kappa shape index (κ3) is 4.63. The largest absolute Gasteiger partial charge is 0.308 e. The van der Waals surface area contributed by atoms with E-state index in [-0.39, 0.29) is 30.3 Å². The highest BCUT2D eigenvalue weighted by Crippen LogP contribution is 2.26. The summed E-state index contributed by atoms with van der Waals surface area (Å²) in [6.07, 6.45) is 0.117. The average molecular weight is 409 g/mol. The predicted octanol–water partition coefficient (Wildman–Crippen LogP) is 3.97. The number of carbonyl (C=O) groups excluding carboxylic acids is 1. The van der Waals surface area contributed by atoms with Crippen LogP contribution in [0.4, 0.5) is 10.1 Å². The number of aromatic nitrogens is 3. The minimum atomic E-state index is -0.496. The molecule has 0 aliphatic carbocycles. The number of carbonyl (C=O) groups is 1. The lowest BCUT2D eigenvalue weighted by molar-refractivity contribution is -0.116. The molecule has 0 aliphatic heterocycles. The summed E-state index contributed by atoms with van der Waals surface area (Å²) >= 11 is 1.23. The van der Waals surface area contributed by atoms with Crippen molar-refractivity contribution in [1.82, 2.24) is 14.8 Å². The highest BCUT2D eigenvalue weighted by molar-refractivity contribution is 7.99. The number of nitrogens with zero attached hydrogens (tertiary/aromatic N) is 5. The maximum atomic E-state index is 14.2. The minimum Gasteiger partial charge on any atom is -0.308 e. The standard InChI is InChI=1S/C21H20FN5OS/c1-15-8-3-4-9-16(15)20-24-25-21(26(20)2)29-14-19(28)27(13-7-12-23)18-11-6-5-10-17(18)22/h3-6,8-11H,7,13-14H2,1-2H3. The second-order valence-electron chi connectivity index (χ2n) is 6.37. The SMILES string of the molecule is Cc1ccccc1-c1nnc(SCC(=O)N(CCC#N)c2ccccc2F)n1C. The van der Waals surface area contributed by atoms with Crippen LogP contribution in [0.5, 0.6) is 0 Å². The van der Waals surface area contributed by atoms with E-state index >= 15 is 0 Å². The Bertz CT molecular complexity index is 1060. The van der Waals surface area contributed by atoms with Crippen LogP contribution in [-0.2, 0) is 11.8 Å². The van der Waals surface area contributed by atoms with Crippen LogP contribution >= 0.6 is 11.8 Å². The normalized spacial score (nSPS) is 10.6. The van der Waals surface area contributed by atoms with E-state index < -0.39 is 5.82 Å². The number of nitriles is 1. The van der Waals surface area contributed by atoms with Crippen LogP contribution in [0.25, 0.3) is 11.4 Å². The number of benzene rings is 2. The Kier molecular flexibility index (Phi) is 6.62. The van der Waals surface area contributed by atoms with Gasteiger partial charge in [-0.05, 0) is 24.6 Å². The summed E-state index contributed by atoms with van der Waals surface area (Å²) in [5.74, 6) is -0.0203. The molecule has 3 aromatic rings. The first-order valence-electron chi connectivity index (χ1n) is 9.03. The highest BCUT2D eigenvalue weighted by Gasteiger charge is 2.20. The molecule has 1 heterocycles. The summed E-state index contributed by atoms with van der Waals surface area (Å²) in [7, 11) is 1.85. The van der Waals surface area contributed by atoms with Crippen LogP contribution in [0, 0.1) is 24.1 Å². The molecule has 0 radical (unpaired) electrons. The molecule has 29 heavy (non-hydrogen) atoms. The van der Waals surface area contributed by atoms with Gasteiger partial charge in [0.2, 0.25) is 5.91 Å². The van der Waals surface area contributed by atoms with Gasteiger partial charge in [0, 0.05) is 19.2 Å². The number of para-hydroxylation sites is 1. The minimum absolute atomic E-state index is 0.0551. The Morgan fingerprint density at radius 1 is 1.21 bits per heavy atom. The molecule has 3 rings (SSSR count). The zero-order valence-corrected chi connectivity index (χ0v) is 17.0. The Balaban J connectivity index is 1.76. The van der Waals surface area contributed by atoms with E-state index in [9.17, 15) is 9.18 Å². The van der Waals surface area contributed by atoms with E-state index in [0.717, 1.165) is 11.1 Å². The molecule has 0 bridgehead atoms. The van der Waals surface area contributed by atoms with Gasteiger partial charge in [-0.2, -0.15) is 5.26 Å². The number of hydrogen-bond acceptors (Lipinski definition) is 5. The van der Waals surface area contributed by atoms with E-state index in [0.29, 0.717) is 11.0 Å². The number of aryl methyl sites for hydroxylation is 1. The molecule has 0 saturated heterocycles. The fourth-order valence-corrected chi connectivity index (χ4v) is 3.70. The fourth-order valence-electron chi connectivity index (χ4n) is 2.92. The molecule has 0 aliphatic rings. The van der Waals surface area contributed by atoms with E-state index in [4.69, 9.17) is 5.26 Å². The lowest BCUT2D eigenvalue weighted by Crippen LogP contribution is -2.34. The molecule has 0 atom stereocenters. The summed E-state index contributed by atoms with van der Waals surface area (Å²) in [4.78, 5) is 14.1. The van der Waals surface area contributed by atoms with Crippen molar-refractivity contribution in [3.63, 3.8) is 0 Å². The van der Waals surface area contributed by atoms with Gasteiger partial charge in [-0.3, -0.25) is 4.79 Å². The van der Waals surface area contributed by atoms with Crippen molar-refractivity contribution in [3.05, 3.63) is 59.9 Å². The lowest BCUT2D eigenvalue weighted by atomic mass is 10.1. The van der Waals surface area contributed by atoms with Crippen LogP contribution in [0.1, 0.15) is 12.0 Å². The molecule has 0 saturated carbocycles. The number of rotatable bonds is 7. The maximum Gasteiger partial charge on any atom is 0.237 e. The smallest absolute Gasteiger partial charge is 0.237 e. The van der Waals surface area contributed by atoms with Gasteiger partial charge in [-0.1, -0.05) is 48.2 Å².